The standard InChI is InChI=1S/C57H34N6S/c1-3-18-35(19-4-1)55-58-56(43-28-17-27-41-40-25-11-16-33-50(40)64-54(41)43)60-57(59-55)63-48-32-15-10-26-42(48)51-52-44(39-24-9-12-29-45(39)61(52)36-20-5-2-6-21-36)34-49(53(51)63)62-46-30-13-7-22-37(46)38-23-8-14-31-47(38)62/h1-34H. The van der Waals surface area contributed by atoms with Crippen LogP contribution in [-0.2, 0) is 0 Å². The summed E-state index contributed by atoms with van der Waals surface area (Å²) in [5.41, 5.74) is 10.6. The van der Waals surface area contributed by atoms with E-state index in [0.29, 0.717) is 17.6 Å². The zero-order valence-electron chi connectivity index (χ0n) is 34.2. The summed E-state index contributed by atoms with van der Waals surface area (Å²) in [7, 11) is 0. The zero-order chi connectivity index (χ0) is 41.9. The van der Waals surface area contributed by atoms with Crippen molar-refractivity contribution < 1.29 is 0 Å². The summed E-state index contributed by atoms with van der Waals surface area (Å²) < 4.78 is 9.59. The molecule has 0 amide bonds. The molecular weight excluding hydrogens is 801 g/mol. The first-order valence-electron chi connectivity index (χ1n) is 21.5. The topological polar surface area (TPSA) is 53.5 Å². The molecule has 14 aromatic rings. The van der Waals surface area contributed by atoms with Gasteiger partial charge in [0, 0.05) is 69.3 Å². The molecule has 298 valence electrons. The monoisotopic (exact) mass is 834 g/mol. The minimum Gasteiger partial charge on any atom is -0.309 e. The number of rotatable bonds is 5. The second kappa shape index (κ2) is 13.6. The Morgan fingerprint density at radius 3 is 1.59 bits per heavy atom. The van der Waals surface area contributed by atoms with Crippen LogP contribution < -0.4 is 0 Å². The number of aromatic nitrogens is 6. The van der Waals surface area contributed by atoms with E-state index in [1.165, 1.54) is 37.0 Å². The predicted molar refractivity (Wildman–Crippen MR) is 267 cm³/mol. The van der Waals surface area contributed by atoms with Crippen molar-refractivity contribution in [3.8, 4) is 40.1 Å². The van der Waals surface area contributed by atoms with E-state index in [2.05, 4.69) is 202 Å². The van der Waals surface area contributed by atoms with Crippen molar-refractivity contribution in [3.05, 3.63) is 206 Å². The van der Waals surface area contributed by atoms with Gasteiger partial charge >= 0.3 is 0 Å². The summed E-state index contributed by atoms with van der Waals surface area (Å²) >= 11 is 1.79. The molecule has 0 saturated carbocycles. The smallest absolute Gasteiger partial charge is 0.238 e. The van der Waals surface area contributed by atoms with E-state index in [1.807, 2.05) is 18.2 Å². The van der Waals surface area contributed by atoms with Gasteiger partial charge < -0.3 is 9.13 Å². The van der Waals surface area contributed by atoms with Gasteiger partial charge in [0.25, 0.3) is 0 Å². The first-order chi connectivity index (χ1) is 31.8. The minimum atomic E-state index is 0.553. The van der Waals surface area contributed by atoms with Crippen molar-refractivity contribution in [1.29, 1.82) is 0 Å². The average molecular weight is 835 g/mol. The molecule has 0 aliphatic heterocycles. The Kier molecular flexibility index (Phi) is 7.46. The fourth-order valence-electron chi connectivity index (χ4n) is 10.2. The fourth-order valence-corrected chi connectivity index (χ4v) is 11.4. The summed E-state index contributed by atoms with van der Waals surface area (Å²) in [5.74, 6) is 1.80. The molecule has 0 N–H and O–H groups in total. The van der Waals surface area contributed by atoms with Crippen LogP contribution in [0.25, 0.3) is 126 Å². The lowest BCUT2D eigenvalue weighted by atomic mass is 10.1. The maximum atomic E-state index is 5.57. The number of nitrogens with zero attached hydrogens (tertiary/aromatic N) is 6. The highest BCUT2D eigenvalue weighted by atomic mass is 32.1. The van der Waals surface area contributed by atoms with E-state index in [0.717, 1.165) is 71.1 Å². The van der Waals surface area contributed by atoms with Crippen LogP contribution in [0.15, 0.2) is 206 Å². The van der Waals surface area contributed by atoms with Crippen LogP contribution in [0.4, 0.5) is 0 Å². The fraction of sp³-hybridized carbons (Fsp3) is 0. The molecule has 0 radical (unpaired) electrons. The normalized spacial score (nSPS) is 12.1. The minimum absolute atomic E-state index is 0.553. The predicted octanol–water partition coefficient (Wildman–Crippen LogP) is 14.9. The molecule has 0 unspecified atom stereocenters. The van der Waals surface area contributed by atoms with Crippen molar-refractivity contribution >= 4 is 96.9 Å². The van der Waals surface area contributed by atoms with E-state index < -0.39 is 0 Å². The van der Waals surface area contributed by atoms with Gasteiger partial charge in [0.15, 0.2) is 11.6 Å². The van der Waals surface area contributed by atoms with Gasteiger partial charge in [0.2, 0.25) is 5.95 Å². The van der Waals surface area contributed by atoms with Gasteiger partial charge in [-0.1, -0.05) is 152 Å². The molecule has 9 aromatic carbocycles. The first kappa shape index (κ1) is 35.2. The summed E-state index contributed by atoms with van der Waals surface area (Å²) in [4.78, 5) is 16.4. The van der Waals surface area contributed by atoms with Crippen molar-refractivity contribution in [1.82, 2.24) is 28.7 Å². The van der Waals surface area contributed by atoms with Gasteiger partial charge in [-0.3, -0.25) is 4.57 Å². The van der Waals surface area contributed by atoms with Gasteiger partial charge in [-0.05, 0) is 54.6 Å². The maximum Gasteiger partial charge on any atom is 0.238 e. The lowest BCUT2D eigenvalue weighted by Crippen LogP contribution is -2.08. The molecule has 0 aliphatic rings. The van der Waals surface area contributed by atoms with Crippen LogP contribution in [-0.4, -0.2) is 28.7 Å². The molecule has 64 heavy (non-hydrogen) atoms. The van der Waals surface area contributed by atoms with Gasteiger partial charge in [-0.15, -0.1) is 11.3 Å². The first-order valence-corrected chi connectivity index (χ1v) is 22.4. The third-order valence-electron chi connectivity index (χ3n) is 12.9. The van der Waals surface area contributed by atoms with Crippen molar-refractivity contribution in [3.63, 3.8) is 0 Å². The highest BCUT2D eigenvalue weighted by molar-refractivity contribution is 7.26. The van der Waals surface area contributed by atoms with E-state index in [4.69, 9.17) is 15.0 Å². The van der Waals surface area contributed by atoms with Crippen LogP contribution in [0.2, 0.25) is 0 Å². The summed E-state index contributed by atoms with van der Waals surface area (Å²) in [6.07, 6.45) is 0. The number of hydrogen-bond acceptors (Lipinski definition) is 4. The molecule has 5 aromatic heterocycles. The quantitative estimate of drug-likeness (QED) is 0.174. The van der Waals surface area contributed by atoms with E-state index in [1.54, 1.807) is 11.3 Å². The van der Waals surface area contributed by atoms with Crippen LogP contribution in [0.1, 0.15) is 0 Å². The molecule has 0 aliphatic carbocycles. The second-order valence-corrected chi connectivity index (χ2v) is 17.4. The highest BCUT2D eigenvalue weighted by Gasteiger charge is 2.28. The molecule has 0 atom stereocenters. The van der Waals surface area contributed by atoms with Crippen LogP contribution in [0.5, 0.6) is 0 Å². The molecule has 14 rings (SSSR count). The molecule has 5 heterocycles. The van der Waals surface area contributed by atoms with Gasteiger partial charge in [0.1, 0.15) is 0 Å². The van der Waals surface area contributed by atoms with E-state index >= 15 is 0 Å². The third kappa shape index (κ3) is 4.98. The molecule has 0 fully saturated rings. The van der Waals surface area contributed by atoms with Crippen LogP contribution >= 0.6 is 11.3 Å². The number of thiophene rings is 1. The number of benzene rings is 9. The Morgan fingerprint density at radius 2 is 0.891 bits per heavy atom. The van der Waals surface area contributed by atoms with Gasteiger partial charge in [-0.2, -0.15) is 9.97 Å². The van der Waals surface area contributed by atoms with Crippen molar-refractivity contribution in [2.75, 3.05) is 0 Å². The molecular formula is C57H34N6S. The largest absolute Gasteiger partial charge is 0.309 e. The summed E-state index contributed by atoms with van der Waals surface area (Å²) in [6, 6.07) is 73.6. The Labute approximate surface area is 370 Å². The third-order valence-corrected chi connectivity index (χ3v) is 14.1. The molecule has 0 bridgehead atoms. The van der Waals surface area contributed by atoms with Crippen LogP contribution in [0.3, 0.4) is 0 Å². The SMILES string of the molecule is c1ccc(-c2nc(-c3cccc4c3sc3ccccc34)nc(-n3c4ccccc4c4c3c(-n3c5ccccc5c5ccccc53)cc3c5ccccc5n(-c5ccccc5)c34)n2)cc1. The van der Waals surface area contributed by atoms with Crippen molar-refractivity contribution in [2.24, 2.45) is 0 Å². The van der Waals surface area contributed by atoms with E-state index in [-0.39, 0.29) is 0 Å². The summed E-state index contributed by atoms with van der Waals surface area (Å²) in [6.45, 7) is 0. The Balaban J connectivity index is 1.20. The molecule has 0 saturated heterocycles. The summed E-state index contributed by atoms with van der Waals surface area (Å²) in [5, 5.41) is 9.43. The molecule has 6 nitrogen and oxygen atoms in total. The number of hydrogen-bond donors (Lipinski definition) is 0. The second-order valence-electron chi connectivity index (χ2n) is 16.4. The Hall–Kier alpha value is -8.39. The lowest BCUT2D eigenvalue weighted by Gasteiger charge is -2.16. The highest BCUT2D eigenvalue weighted by Crippen LogP contribution is 2.47. The van der Waals surface area contributed by atoms with Crippen molar-refractivity contribution in [2.45, 2.75) is 0 Å². The average Bonchev–Trinajstić information content (AvgIpc) is 4.11. The lowest BCUT2D eigenvalue weighted by molar-refractivity contribution is 0.951. The Bertz CT molecular complexity index is 4140. The number of fused-ring (bicyclic) bond motifs is 13. The van der Waals surface area contributed by atoms with Gasteiger partial charge in [-0.25, -0.2) is 4.98 Å². The van der Waals surface area contributed by atoms with Gasteiger partial charge in [0.05, 0.1) is 38.8 Å². The Morgan fingerprint density at radius 1 is 0.359 bits per heavy atom. The molecule has 0 spiro atoms. The van der Waals surface area contributed by atoms with Crippen LogP contribution in [0, 0.1) is 0 Å². The zero-order valence-corrected chi connectivity index (χ0v) is 35.0. The maximum absolute atomic E-state index is 5.57. The number of para-hydroxylation sites is 5. The molecule has 7 heteroatoms. The van der Waals surface area contributed by atoms with E-state index in [9.17, 15) is 0 Å².